The molecule has 0 radical (unpaired) electrons. The van der Waals surface area contributed by atoms with Gasteiger partial charge in [0.15, 0.2) is 0 Å². The number of amides is 1. The second kappa shape index (κ2) is 5.75. The number of carbonyl (C=O) groups is 2. The monoisotopic (exact) mass is 301 g/mol. The second-order valence-electron chi connectivity index (χ2n) is 6.92. The Kier molecular flexibility index (Phi) is 3.94. The number of benzene rings is 1. The highest BCUT2D eigenvalue weighted by Crippen LogP contribution is 2.38. The third kappa shape index (κ3) is 2.74. The normalized spacial score (nSPS) is 30.1. The second-order valence-corrected chi connectivity index (χ2v) is 6.92. The molecule has 1 fully saturated rings. The first kappa shape index (κ1) is 15.1. The van der Waals surface area contributed by atoms with E-state index < -0.39 is 5.97 Å². The summed E-state index contributed by atoms with van der Waals surface area (Å²) in [5.74, 6) is -0.869. The zero-order valence-corrected chi connectivity index (χ0v) is 13.1. The van der Waals surface area contributed by atoms with Gasteiger partial charge in [-0.2, -0.15) is 0 Å². The lowest BCUT2D eigenvalue weighted by Crippen LogP contribution is -2.34. The van der Waals surface area contributed by atoms with Crippen LogP contribution in [0.15, 0.2) is 18.2 Å². The average Bonchev–Trinajstić information content (AvgIpc) is 3.06. The number of carbonyl (C=O) groups excluding carboxylic acids is 1. The van der Waals surface area contributed by atoms with Gasteiger partial charge in [0.05, 0.1) is 12.0 Å². The molecule has 22 heavy (non-hydrogen) atoms. The molecule has 2 N–H and O–H groups in total. The van der Waals surface area contributed by atoms with E-state index in [4.69, 9.17) is 5.11 Å². The predicted octanol–water partition coefficient (Wildman–Crippen LogP) is 2.85. The van der Waals surface area contributed by atoms with Gasteiger partial charge in [-0.05, 0) is 49.7 Å². The van der Waals surface area contributed by atoms with Crippen molar-refractivity contribution < 1.29 is 14.7 Å². The molecule has 0 aromatic heterocycles. The maximum atomic E-state index is 12.5. The van der Waals surface area contributed by atoms with E-state index in [0.717, 1.165) is 6.42 Å². The Hall–Kier alpha value is -1.84. The van der Waals surface area contributed by atoms with Crippen molar-refractivity contribution >= 4 is 11.9 Å². The molecule has 1 saturated carbocycles. The minimum Gasteiger partial charge on any atom is -0.481 e. The largest absolute Gasteiger partial charge is 0.481 e. The van der Waals surface area contributed by atoms with Crippen molar-refractivity contribution in [2.75, 3.05) is 0 Å². The fraction of sp³-hybridized carbons (Fsp3) is 0.556. The van der Waals surface area contributed by atoms with Gasteiger partial charge in [-0.25, -0.2) is 0 Å². The van der Waals surface area contributed by atoms with Crippen LogP contribution in [0, 0.1) is 24.7 Å². The molecule has 3 rings (SSSR count). The summed E-state index contributed by atoms with van der Waals surface area (Å²) in [6, 6.07) is 6.50. The molecule has 4 heteroatoms. The Balaban J connectivity index is 1.70. The molecule has 2 aliphatic carbocycles. The van der Waals surface area contributed by atoms with Crippen LogP contribution in [0.1, 0.15) is 48.9 Å². The summed E-state index contributed by atoms with van der Waals surface area (Å²) in [6.45, 7) is 4.23. The smallest absolute Gasteiger partial charge is 0.306 e. The van der Waals surface area contributed by atoms with Crippen molar-refractivity contribution in [1.29, 1.82) is 0 Å². The fourth-order valence-corrected chi connectivity index (χ4v) is 3.90. The summed E-state index contributed by atoms with van der Waals surface area (Å²) in [5, 5.41) is 12.2. The zero-order valence-electron chi connectivity index (χ0n) is 13.1. The number of hydrogen-bond acceptors (Lipinski definition) is 2. The van der Waals surface area contributed by atoms with Gasteiger partial charge in [0, 0.05) is 5.92 Å². The van der Waals surface area contributed by atoms with Gasteiger partial charge in [-0.3, -0.25) is 9.59 Å². The van der Waals surface area contributed by atoms with Gasteiger partial charge in [0.25, 0.3) is 0 Å². The number of carboxylic acid groups (broad SMARTS) is 1. The average molecular weight is 301 g/mol. The van der Waals surface area contributed by atoms with Gasteiger partial charge < -0.3 is 10.4 Å². The molecule has 2 aliphatic rings. The first-order valence-electron chi connectivity index (χ1n) is 8.08. The van der Waals surface area contributed by atoms with Crippen LogP contribution in [-0.4, -0.2) is 17.0 Å². The summed E-state index contributed by atoms with van der Waals surface area (Å²) in [6.07, 6.45) is 2.76. The molecule has 4 atom stereocenters. The Labute approximate surface area is 130 Å². The van der Waals surface area contributed by atoms with E-state index in [9.17, 15) is 9.59 Å². The number of fused-ring (bicyclic) bond motifs is 1. The molecule has 4 nitrogen and oxygen atoms in total. The third-order valence-electron chi connectivity index (χ3n) is 5.20. The van der Waals surface area contributed by atoms with Crippen LogP contribution in [0.3, 0.4) is 0 Å². The standard InChI is InChI=1S/C18H23NO3/c1-10-3-4-12-8-11(2)16(15(12)7-10)19-17(20)13-5-6-14(9-13)18(21)22/h3-4,7,11,13-14,16H,5-6,8-9H2,1-2H3,(H,19,20)(H,21,22)/t11?,13-,14+,16?/m1/s1. The van der Waals surface area contributed by atoms with Crippen molar-refractivity contribution in [2.24, 2.45) is 17.8 Å². The Morgan fingerprint density at radius 2 is 1.95 bits per heavy atom. The Morgan fingerprint density at radius 3 is 2.64 bits per heavy atom. The number of carboxylic acids is 1. The van der Waals surface area contributed by atoms with E-state index in [0.29, 0.717) is 25.2 Å². The number of aliphatic carboxylic acids is 1. The highest BCUT2D eigenvalue weighted by Gasteiger charge is 2.37. The lowest BCUT2D eigenvalue weighted by atomic mass is 9.99. The summed E-state index contributed by atoms with van der Waals surface area (Å²) in [4.78, 5) is 23.5. The molecule has 1 amide bonds. The van der Waals surface area contributed by atoms with E-state index >= 15 is 0 Å². The highest BCUT2D eigenvalue weighted by atomic mass is 16.4. The van der Waals surface area contributed by atoms with Crippen LogP contribution in [-0.2, 0) is 16.0 Å². The van der Waals surface area contributed by atoms with Crippen molar-refractivity contribution in [3.05, 3.63) is 34.9 Å². The molecule has 1 aromatic carbocycles. The maximum absolute atomic E-state index is 12.5. The molecule has 118 valence electrons. The van der Waals surface area contributed by atoms with Gasteiger partial charge in [0.2, 0.25) is 5.91 Å². The van der Waals surface area contributed by atoms with Crippen molar-refractivity contribution in [2.45, 2.75) is 45.6 Å². The van der Waals surface area contributed by atoms with Crippen molar-refractivity contribution in [3.63, 3.8) is 0 Å². The fourth-order valence-electron chi connectivity index (χ4n) is 3.90. The molecular formula is C18H23NO3. The van der Waals surface area contributed by atoms with Crippen LogP contribution in [0.25, 0.3) is 0 Å². The number of hydrogen-bond donors (Lipinski definition) is 2. The molecule has 0 spiro atoms. The van der Waals surface area contributed by atoms with Crippen LogP contribution < -0.4 is 5.32 Å². The van der Waals surface area contributed by atoms with Crippen molar-refractivity contribution in [1.82, 2.24) is 5.32 Å². The molecule has 0 aliphatic heterocycles. The molecule has 2 unspecified atom stereocenters. The molecule has 1 aromatic rings. The summed E-state index contributed by atoms with van der Waals surface area (Å²) >= 11 is 0. The van der Waals surface area contributed by atoms with Crippen LogP contribution in [0.2, 0.25) is 0 Å². The Morgan fingerprint density at radius 1 is 1.23 bits per heavy atom. The topological polar surface area (TPSA) is 66.4 Å². The zero-order chi connectivity index (χ0) is 15.9. The van der Waals surface area contributed by atoms with Gasteiger partial charge in [-0.15, -0.1) is 0 Å². The van der Waals surface area contributed by atoms with E-state index in [1.807, 2.05) is 0 Å². The summed E-state index contributed by atoms with van der Waals surface area (Å²) in [7, 11) is 0. The molecule has 0 bridgehead atoms. The predicted molar refractivity (Wildman–Crippen MR) is 83.4 cm³/mol. The van der Waals surface area contributed by atoms with Crippen molar-refractivity contribution in [3.8, 4) is 0 Å². The van der Waals surface area contributed by atoms with E-state index in [1.165, 1.54) is 16.7 Å². The lowest BCUT2D eigenvalue weighted by Gasteiger charge is -2.21. The minimum atomic E-state index is -0.773. The van der Waals surface area contributed by atoms with E-state index in [2.05, 4.69) is 37.4 Å². The SMILES string of the molecule is Cc1ccc2c(c1)C(NC(=O)[C@@H]1CC[C@H](C(=O)O)C1)C(C)C2. The quantitative estimate of drug-likeness (QED) is 0.902. The Bertz CT molecular complexity index is 610. The number of aryl methyl sites for hydroxylation is 1. The van der Waals surface area contributed by atoms with Gasteiger partial charge in [0.1, 0.15) is 0 Å². The molecular weight excluding hydrogens is 278 g/mol. The van der Waals surface area contributed by atoms with Crippen LogP contribution in [0.4, 0.5) is 0 Å². The van der Waals surface area contributed by atoms with E-state index in [-0.39, 0.29) is 23.8 Å². The van der Waals surface area contributed by atoms with Gasteiger partial charge >= 0.3 is 5.97 Å². The molecule has 0 heterocycles. The van der Waals surface area contributed by atoms with Crippen LogP contribution >= 0.6 is 0 Å². The number of nitrogens with one attached hydrogen (secondary N) is 1. The minimum absolute atomic E-state index is 0.0231. The first-order chi connectivity index (χ1) is 10.5. The highest BCUT2D eigenvalue weighted by molar-refractivity contribution is 5.81. The maximum Gasteiger partial charge on any atom is 0.306 e. The van der Waals surface area contributed by atoms with Crippen LogP contribution in [0.5, 0.6) is 0 Å². The summed E-state index contributed by atoms with van der Waals surface area (Å²) in [5.41, 5.74) is 3.76. The number of rotatable bonds is 3. The third-order valence-corrected chi connectivity index (χ3v) is 5.20. The molecule has 0 saturated heterocycles. The summed E-state index contributed by atoms with van der Waals surface area (Å²) < 4.78 is 0. The van der Waals surface area contributed by atoms with Gasteiger partial charge in [-0.1, -0.05) is 30.7 Å². The first-order valence-corrected chi connectivity index (χ1v) is 8.08. The van der Waals surface area contributed by atoms with E-state index in [1.54, 1.807) is 0 Å². The lowest BCUT2D eigenvalue weighted by molar-refractivity contribution is -0.141.